The number of carbonyl (C=O) groups excluding carboxylic acids is 2. The van der Waals surface area contributed by atoms with Crippen molar-refractivity contribution in [3.8, 4) is 5.75 Å². The summed E-state index contributed by atoms with van der Waals surface area (Å²) in [5, 5.41) is 0. The zero-order chi connectivity index (χ0) is 13.5. The van der Waals surface area contributed by atoms with Crippen LogP contribution in [0.3, 0.4) is 0 Å². The Kier molecular flexibility index (Phi) is 5.17. The van der Waals surface area contributed by atoms with Crippen molar-refractivity contribution in [3.05, 3.63) is 29.8 Å². The van der Waals surface area contributed by atoms with Crippen molar-refractivity contribution >= 4 is 11.9 Å². The molecule has 0 heterocycles. The van der Waals surface area contributed by atoms with E-state index in [4.69, 9.17) is 14.2 Å². The van der Waals surface area contributed by atoms with Crippen LogP contribution in [0.5, 0.6) is 5.75 Å². The van der Waals surface area contributed by atoms with E-state index in [1.807, 2.05) is 0 Å². The zero-order valence-electron chi connectivity index (χ0n) is 10.6. The highest BCUT2D eigenvalue weighted by Crippen LogP contribution is 2.13. The Labute approximate surface area is 106 Å². The first-order chi connectivity index (χ1) is 8.56. The SMILES string of the molecule is CCC(OC(C)=O)OC(=O)c1ccc(OC)cc1. The molecule has 0 aliphatic heterocycles. The van der Waals surface area contributed by atoms with Gasteiger partial charge in [0.2, 0.25) is 6.29 Å². The molecule has 0 bridgehead atoms. The molecule has 1 aromatic rings. The molecule has 1 aromatic carbocycles. The maximum atomic E-state index is 11.7. The number of ether oxygens (including phenoxy) is 3. The summed E-state index contributed by atoms with van der Waals surface area (Å²) in [5.74, 6) is -0.367. The molecule has 18 heavy (non-hydrogen) atoms. The molecule has 0 saturated carbocycles. The summed E-state index contributed by atoms with van der Waals surface area (Å²) in [6, 6.07) is 6.48. The lowest BCUT2D eigenvalue weighted by Crippen LogP contribution is -2.22. The van der Waals surface area contributed by atoms with E-state index in [0.29, 0.717) is 17.7 Å². The summed E-state index contributed by atoms with van der Waals surface area (Å²) >= 11 is 0. The third kappa shape index (κ3) is 4.08. The van der Waals surface area contributed by atoms with E-state index in [9.17, 15) is 9.59 Å². The number of rotatable bonds is 5. The highest BCUT2D eigenvalue weighted by molar-refractivity contribution is 5.89. The Hall–Kier alpha value is -2.04. The zero-order valence-corrected chi connectivity index (χ0v) is 10.6. The van der Waals surface area contributed by atoms with E-state index < -0.39 is 18.2 Å². The molecular weight excluding hydrogens is 236 g/mol. The van der Waals surface area contributed by atoms with Crippen molar-refractivity contribution < 1.29 is 23.8 Å². The third-order valence-electron chi connectivity index (χ3n) is 2.19. The van der Waals surface area contributed by atoms with Crippen LogP contribution in [0, 0.1) is 0 Å². The molecule has 0 spiro atoms. The Morgan fingerprint density at radius 3 is 2.22 bits per heavy atom. The Morgan fingerprint density at radius 1 is 1.17 bits per heavy atom. The Balaban J connectivity index is 2.65. The molecule has 0 amide bonds. The Bertz CT molecular complexity index is 410. The quantitative estimate of drug-likeness (QED) is 0.593. The van der Waals surface area contributed by atoms with Crippen LogP contribution in [-0.2, 0) is 14.3 Å². The maximum absolute atomic E-state index is 11.7. The minimum atomic E-state index is -0.850. The molecule has 0 N–H and O–H groups in total. The molecular formula is C13H16O5. The van der Waals surface area contributed by atoms with Gasteiger partial charge >= 0.3 is 11.9 Å². The summed E-state index contributed by atoms with van der Waals surface area (Å²) in [7, 11) is 1.54. The van der Waals surface area contributed by atoms with Crippen LogP contribution in [0.2, 0.25) is 0 Å². The molecule has 0 aromatic heterocycles. The minimum absolute atomic E-state index is 0.376. The van der Waals surface area contributed by atoms with Crippen LogP contribution in [0.4, 0.5) is 0 Å². The number of carbonyl (C=O) groups is 2. The second kappa shape index (κ2) is 6.64. The fourth-order valence-electron chi connectivity index (χ4n) is 1.29. The van der Waals surface area contributed by atoms with Gasteiger partial charge in [-0.05, 0) is 24.3 Å². The Morgan fingerprint density at radius 2 is 1.78 bits per heavy atom. The van der Waals surface area contributed by atoms with Gasteiger partial charge in [0.1, 0.15) is 5.75 Å². The first-order valence-corrected chi connectivity index (χ1v) is 5.59. The van der Waals surface area contributed by atoms with Gasteiger partial charge in [-0.3, -0.25) is 4.79 Å². The molecule has 0 aliphatic carbocycles. The van der Waals surface area contributed by atoms with E-state index in [-0.39, 0.29) is 0 Å². The van der Waals surface area contributed by atoms with E-state index in [0.717, 1.165) is 0 Å². The summed E-state index contributed by atoms with van der Waals surface area (Å²) in [5.41, 5.74) is 0.376. The summed E-state index contributed by atoms with van der Waals surface area (Å²) in [6.45, 7) is 3.03. The first-order valence-electron chi connectivity index (χ1n) is 5.59. The van der Waals surface area contributed by atoms with Crippen molar-refractivity contribution in [2.24, 2.45) is 0 Å². The number of hydrogen-bond donors (Lipinski definition) is 0. The lowest BCUT2D eigenvalue weighted by atomic mass is 10.2. The number of benzene rings is 1. The van der Waals surface area contributed by atoms with Gasteiger partial charge in [0.05, 0.1) is 12.7 Å². The summed E-state index contributed by atoms with van der Waals surface area (Å²) in [6.07, 6.45) is -0.446. The molecule has 1 unspecified atom stereocenters. The smallest absolute Gasteiger partial charge is 0.341 e. The fraction of sp³-hybridized carbons (Fsp3) is 0.385. The van der Waals surface area contributed by atoms with Gasteiger partial charge in [-0.2, -0.15) is 0 Å². The van der Waals surface area contributed by atoms with Crippen LogP contribution in [-0.4, -0.2) is 25.3 Å². The van der Waals surface area contributed by atoms with Crippen molar-refractivity contribution in [1.29, 1.82) is 0 Å². The van der Waals surface area contributed by atoms with Gasteiger partial charge in [-0.1, -0.05) is 6.92 Å². The van der Waals surface area contributed by atoms with Gasteiger partial charge < -0.3 is 14.2 Å². The summed E-state index contributed by atoms with van der Waals surface area (Å²) in [4.78, 5) is 22.5. The highest BCUT2D eigenvalue weighted by Gasteiger charge is 2.16. The van der Waals surface area contributed by atoms with Crippen molar-refractivity contribution in [2.45, 2.75) is 26.6 Å². The molecule has 0 radical (unpaired) electrons. The van der Waals surface area contributed by atoms with Crippen LogP contribution < -0.4 is 4.74 Å². The van der Waals surface area contributed by atoms with E-state index in [1.165, 1.54) is 6.92 Å². The van der Waals surface area contributed by atoms with Crippen LogP contribution in [0.1, 0.15) is 30.6 Å². The van der Waals surface area contributed by atoms with E-state index in [2.05, 4.69) is 0 Å². The average Bonchev–Trinajstić information content (AvgIpc) is 2.37. The van der Waals surface area contributed by atoms with Crippen molar-refractivity contribution in [2.75, 3.05) is 7.11 Å². The summed E-state index contributed by atoms with van der Waals surface area (Å²) < 4.78 is 14.9. The van der Waals surface area contributed by atoms with Gasteiger partial charge in [-0.15, -0.1) is 0 Å². The number of methoxy groups -OCH3 is 1. The second-order valence-electron chi connectivity index (χ2n) is 3.58. The van der Waals surface area contributed by atoms with E-state index >= 15 is 0 Å². The molecule has 5 nitrogen and oxygen atoms in total. The van der Waals surface area contributed by atoms with Crippen molar-refractivity contribution in [3.63, 3.8) is 0 Å². The topological polar surface area (TPSA) is 61.8 Å². The highest BCUT2D eigenvalue weighted by atomic mass is 16.7. The van der Waals surface area contributed by atoms with Gasteiger partial charge in [0.15, 0.2) is 0 Å². The molecule has 5 heteroatoms. The molecule has 0 fully saturated rings. The minimum Gasteiger partial charge on any atom is -0.497 e. The van der Waals surface area contributed by atoms with Crippen LogP contribution in [0.25, 0.3) is 0 Å². The molecule has 1 atom stereocenters. The molecule has 0 saturated heterocycles. The fourth-order valence-corrected chi connectivity index (χ4v) is 1.29. The standard InChI is InChI=1S/C13H16O5/c1-4-12(17-9(2)14)18-13(15)10-5-7-11(16-3)8-6-10/h5-8,12H,4H2,1-3H3. The lowest BCUT2D eigenvalue weighted by Gasteiger charge is -2.15. The monoisotopic (exact) mass is 252 g/mol. The van der Waals surface area contributed by atoms with Gasteiger partial charge in [0, 0.05) is 13.3 Å². The van der Waals surface area contributed by atoms with Gasteiger partial charge in [0.25, 0.3) is 0 Å². The third-order valence-corrected chi connectivity index (χ3v) is 2.19. The maximum Gasteiger partial charge on any atom is 0.341 e. The van der Waals surface area contributed by atoms with Gasteiger partial charge in [-0.25, -0.2) is 4.79 Å². The molecule has 0 aliphatic rings. The predicted molar refractivity (Wildman–Crippen MR) is 64.3 cm³/mol. The largest absolute Gasteiger partial charge is 0.497 e. The number of hydrogen-bond acceptors (Lipinski definition) is 5. The second-order valence-corrected chi connectivity index (χ2v) is 3.58. The lowest BCUT2D eigenvalue weighted by molar-refractivity contribution is -0.166. The number of esters is 2. The van der Waals surface area contributed by atoms with Crippen LogP contribution in [0.15, 0.2) is 24.3 Å². The van der Waals surface area contributed by atoms with Crippen molar-refractivity contribution in [1.82, 2.24) is 0 Å². The normalized spacial score (nSPS) is 11.5. The average molecular weight is 252 g/mol. The predicted octanol–water partition coefficient (Wildman–Crippen LogP) is 2.15. The van der Waals surface area contributed by atoms with Crippen LogP contribution >= 0.6 is 0 Å². The van der Waals surface area contributed by atoms with E-state index in [1.54, 1.807) is 38.3 Å². The molecule has 98 valence electrons. The molecule has 1 rings (SSSR count). The first kappa shape index (κ1) is 14.0.